The summed E-state index contributed by atoms with van der Waals surface area (Å²) in [5.41, 5.74) is -0.925. The first-order valence-electron chi connectivity index (χ1n) is 10.0. The van der Waals surface area contributed by atoms with E-state index in [1.807, 2.05) is 39.5 Å². The van der Waals surface area contributed by atoms with Crippen molar-refractivity contribution in [1.29, 1.82) is 0 Å². The molecule has 0 unspecified atom stereocenters. The van der Waals surface area contributed by atoms with Gasteiger partial charge in [0.15, 0.2) is 0 Å². The second-order valence-corrected chi connectivity index (χ2v) is 10.7. The minimum atomic E-state index is -0.463. The lowest BCUT2D eigenvalue weighted by Crippen LogP contribution is -2.62. The van der Waals surface area contributed by atoms with Gasteiger partial charge >= 0.3 is 6.03 Å². The highest BCUT2D eigenvalue weighted by molar-refractivity contribution is 8.00. The fourth-order valence-corrected chi connectivity index (χ4v) is 6.48. The van der Waals surface area contributed by atoms with Crippen LogP contribution < -0.4 is 16.0 Å². The largest absolute Gasteiger partial charge is 0.353 e. The molecule has 3 amide bonds. The van der Waals surface area contributed by atoms with Gasteiger partial charge in [0.2, 0.25) is 5.91 Å². The summed E-state index contributed by atoms with van der Waals surface area (Å²) < 4.78 is 0. The number of nitrogens with zero attached hydrogens (tertiary/aromatic N) is 1. The molecule has 8 heteroatoms. The molecule has 153 valence electrons. The summed E-state index contributed by atoms with van der Waals surface area (Å²) in [6.07, 6.45) is 4.75. The van der Waals surface area contributed by atoms with Crippen molar-refractivity contribution in [2.45, 2.75) is 101 Å². The molecule has 0 spiro atoms. The Morgan fingerprint density at radius 1 is 1.19 bits per heavy atom. The van der Waals surface area contributed by atoms with Crippen LogP contribution in [-0.2, 0) is 10.0 Å². The van der Waals surface area contributed by atoms with E-state index in [0.29, 0.717) is 24.5 Å². The summed E-state index contributed by atoms with van der Waals surface area (Å²) >= 11 is 1.91. The molecule has 1 radical (unpaired) electrons. The highest BCUT2D eigenvalue weighted by Crippen LogP contribution is 2.37. The molecule has 3 N–H and O–H groups in total. The van der Waals surface area contributed by atoms with E-state index in [4.69, 9.17) is 0 Å². The molecule has 3 aliphatic rings. The molecule has 3 atom stereocenters. The number of hydroxylamine groups is 2. The van der Waals surface area contributed by atoms with Crippen LogP contribution in [-0.4, -0.2) is 57.2 Å². The Labute approximate surface area is 166 Å². The first kappa shape index (κ1) is 20.7. The van der Waals surface area contributed by atoms with Crippen LogP contribution in [0.3, 0.4) is 0 Å². The van der Waals surface area contributed by atoms with E-state index < -0.39 is 11.1 Å². The van der Waals surface area contributed by atoms with E-state index in [9.17, 15) is 14.8 Å². The molecular weight excluding hydrogens is 364 g/mol. The number of fused-ring (bicyclic) bond motifs is 1. The van der Waals surface area contributed by atoms with Crippen LogP contribution in [0.4, 0.5) is 4.79 Å². The lowest BCUT2D eigenvalue weighted by molar-refractivity contribution is -0.290. The van der Waals surface area contributed by atoms with Gasteiger partial charge in [-0.15, -0.1) is 10.3 Å². The highest BCUT2D eigenvalue weighted by atomic mass is 32.2. The smallest absolute Gasteiger partial charge is 0.315 e. The third kappa shape index (κ3) is 4.71. The highest BCUT2D eigenvalue weighted by Gasteiger charge is 2.46. The zero-order valence-corrected chi connectivity index (χ0v) is 17.7. The van der Waals surface area contributed by atoms with E-state index >= 15 is 0 Å². The van der Waals surface area contributed by atoms with Gasteiger partial charge < -0.3 is 16.0 Å². The Bertz CT molecular complexity index is 565. The normalized spacial score (nSPS) is 32.6. The Morgan fingerprint density at radius 3 is 2.52 bits per heavy atom. The first-order chi connectivity index (χ1) is 12.6. The Balaban J connectivity index is 1.37. The van der Waals surface area contributed by atoms with Gasteiger partial charge in [-0.05, 0) is 53.4 Å². The van der Waals surface area contributed by atoms with Crippen LogP contribution in [0, 0.1) is 0 Å². The molecule has 3 saturated heterocycles. The van der Waals surface area contributed by atoms with Crippen molar-refractivity contribution in [1.82, 2.24) is 21.0 Å². The third-order valence-electron chi connectivity index (χ3n) is 6.04. The van der Waals surface area contributed by atoms with Crippen molar-refractivity contribution in [3.05, 3.63) is 0 Å². The second-order valence-electron chi connectivity index (χ2n) is 9.46. The second kappa shape index (κ2) is 7.79. The number of unbranched alkanes of at least 4 members (excludes halogenated alkanes) is 1. The van der Waals surface area contributed by atoms with Crippen molar-refractivity contribution >= 4 is 23.7 Å². The van der Waals surface area contributed by atoms with Crippen LogP contribution in [0.15, 0.2) is 0 Å². The summed E-state index contributed by atoms with van der Waals surface area (Å²) in [4.78, 5) is 23.8. The van der Waals surface area contributed by atoms with Crippen molar-refractivity contribution in [2.24, 2.45) is 0 Å². The number of piperidine rings is 1. The standard InChI is InChI=1S/C19H33N4O3S/c1-18(2)9-12(10-19(3,4)23(18)26)20-15(24)8-6-5-7-14-16-13(11-27-14)21-17(25)22-16/h12-14,16H,5-11H2,1-4H3,(H,20,24)(H2,21,22,25)/t13-,14-,16-/m1/s1. The molecule has 3 aliphatic heterocycles. The average molecular weight is 398 g/mol. The number of amides is 3. The lowest BCUT2D eigenvalue weighted by Gasteiger charge is -2.50. The number of hydrogen-bond donors (Lipinski definition) is 3. The minimum Gasteiger partial charge on any atom is -0.353 e. The van der Waals surface area contributed by atoms with E-state index in [2.05, 4.69) is 16.0 Å². The van der Waals surface area contributed by atoms with Gasteiger partial charge in [-0.25, -0.2) is 4.79 Å². The van der Waals surface area contributed by atoms with Gasteiger partial charge in [0.05, 0.1) is 12.1 Å². The molecule has 0 aliphatic carbocycles. The molecule has 3 rings (SSSR count). The van der Waals surface area contributed by atoms with E-state index in [1.54, 1.807) is 0 Å². The van der Waals surface area contributed by atoms with Gasteiger partial charge in [0, 0.05) is 34.5 Å². The zero-order chi connectivity index (χ0) is 19.8. The summed E-state index contributed by atoms with van der Waals surface area (Å²) in [5, 5.41) is 23.1. The Hall–Kier alpha value is -0.990. The van der Waals surface area contributed by atoms with Gasteiger partial charge in [0.1, 0.15) is 0 Å². The van der Waals surface area contributed by atoms with Crippen molar-refractivity contribution < 1.29 is 14.8 Å². The molecule has 3 fully saturated rings. The van der Waals surface area contributed by atoms with Crippen LogP contribution >= 0.6 is 11.8 Å². The maximum Gasteiger partial charge on any atom is 0.315 e. The van der Waals surface area contributed by atoms with Crippen LogP contribution in [0.2, 0.25) is 0 Å². The van der Waals surface area contributed by atoms with Gasteiger partial charge in [0.25, 0.3) is 0 Å². The summed E-state index contributed by atoms with van der Waals surface area (Å²) in [7, 11) is 0. The number of carbonyl (C=O) groups excluding carboxylic acids is 2. The maximum atomic E-state index is 12.4. The van der Waals surface area contributed by atoms with Crippen molar-refractivity contribution in [2.75, 3.05) is 5.75 Å². The number of carbonyl (C=O) groups is 2. The molecule has 0 saturated carbocycles. The molecule has 0 bridgehead atoms. The molecule has 0 aromatic carbocycles. The molecule has 27 heavy (non-hydrogen) atoms. The predicted molar refractivity (Wildman–Crippen MR) is 106 cm³/mol. The zero-order valence-electron chi connectivity index (χ0n) is 16.8. The molecule has 7 nitrogen and oxygen atoms in total. The van der Waals surface area contributed by atoms with E-state index in [1.165, 1.54) is 5.06 Å². The van der Waals surface area contributed by atoms with Gasteiger partial charge in [-0.1, -0.05) is 6.42 Å². The SMILES string of the molecule is CC1(C)CC(NC(=O)CCCC[C@H]2SC[C@H]3NC(=O)N[C@H]32)CC(C)(C)N1[O]. The Morgan fingerprint density at radius 2 is 1.85 bits per heavy atom. The topological polar surface area (TPSA) is 93.4 Å². The van der Waals surface area contributed by atoms with Crippen LogP contribution in [0.25, 0.3) is 0 Å². The number of thioether (sulfide) groups is 1. The monoisotopic (exact) mass is 397 g/mol. The third-order valence-corrected chi connectivity index (χ3v) is 7.55. The van der Waals surface area contributed by atoms with Crippen molar-refractivity contribution in [3.8, 4) is 0 Å². The summed E-state index contributed by atoms with van der Waals surface area (Å²) in [5.74, 6) is 1.05. The number of hydrogen-bond acceptors (Lipinski definition) is 4. The first-order valence-corrected chi connectivity index (χ1v) is 11.1. The maximum absolute atomic E-state index is 12.4. The van der Waals surface area contributed by atoms with Crippen molar-refractivity contribution in [3.63, 3.8) is 0 Å². The fraction of sp³-hybridized carbons (Fsp3) is 0.895. The van der Waals surface area contributed by atoms with Crippen LogP contribution in [0.5, 0.6) is 0 Å². The molecule has 0 aromatic heterocycles. The number of nitrogens with one attached hydrogen (secondary N) is 3. The number of rotatable bonds is 6. The number of urea groups is 1. The lowest BCUT2D eigenvalue weighted by atomic mass is 9.79. The molecular formula is C19H33N4O3S. The molecule has 0 aromatic rings. The molecule has 3 heterocycles. The fourth-order valence-electron chi connectivity index (χ4n) is 4.94. The van der Waals surface area contributed by atoms with E-state index in [0.717, 1.165) is 25.0 Å². The quantitative estimate of drug-likeness (QED) is 0.473. The minimum absolute atomic E-state index is 0.0512. The van der Waals surface area contributed by atoms with E-state index in [-0.39, 0.29) is 30.1 Å². The summed E-state index contributed by atoms with van der Waals surface area (Å²) in [6.45, 7) is 7.79. The van der Waals surface area contributed by atoms with Gasteiger partial charge in [-0.3, -0.25) is 4.79 Å². The average Bonchev–Trinajstić information content (AvgIpc) is 3.08. The summed E-state index contributed by atoms with van der Waals surface area (Å²) in [6, 6.07) is 0.496. The Kier molecular flexibility index (Phi) is 5.99. The predicted octanol–water partition coefficient (Wildman–Crippen LogP) is 2.20. The van der Waals surface area contributed by atoms with Gasteiger partial charge in [-0.2, -0.15) is 11.8 Å². The van der Waals surface area contributed by atoms with Crippen LogP contribution in [0.1, 0.15) is 66.2 Å².